The molecule has 1 fully saturated rings. The van der Waals surface area contributed by atoms with Crippen LogP contribution in [0.3, 0.4) is 0 Å². The standard InChI is InChI=1S/C12H22N2O4/c1-12(2,3)18-11(17)14-9(7-15)6-8-4-5-13-10(8)16/h8-9,15H,4-7H2,1-3H3,(H,13,16)(H,14,17)/t8-,9?/m0/s1. The fourth-order valence-electron chi connectivity index (χ4n) is 1.87. The van der Waals surface area contributed by atoms with Crippen molar-refractivity contribution in [2.45, 2.75) is 45.3 Å². The minimum absolute atomic E-state index is 0.0144. The number of carbonyl (C=O) groups is 2. The molecule has 0 saturated carbocycles. The number of nitrogens with one attached hydrogen (secondary N) is 2. The van der Waals surface area contributed by atoms with E-state index in [-0.39, 0.29) is 18.4 Å². The third-order valence-electron chi connectivity index (χ3n) is 2.67. The van der Waals surface area contributed by atoms with E-state index < -0.39 is 17.7 Å². The molecule has 3 N–H and O–H groups in total. The molecule has 0 aromatic carbocycles. The molecule has 0 aromatic rings. The van der Waals surface area contributed by atoms with Crippen LogP contribution in [0.25, 0.3) is 0 Å². The minimum Gasteiger partial charge on any atom is -0.444 e. The summed E-state index contributed by atoms with van der Waals surface area (Å²) in [5, 5.41) is 14.5. The van der Waals surface area contributed by atoms with Gasteiger partial charge in [-0.3, -0.25) is 4.79 Å². The molecule has 1 aliphatic rings. The fourth-order valence-corrected chi connectivity index (χ4v) is 1.87. The van der Waals surface area contributed by atoms with Gasteiger partial charge in [-0.1, -0.05) is 0 Å². The van der Waals surface area contributed by atoms with Crippen LogP contribution in [-0.4, -0.2) is 41.9 Å². The van der Waals surface area contributed by atoms with Gasteiger partial charge in [-0.15, -0.1) is 0 Å². The third kappa shape index (κ3) is 4.91. The molecule has 1 rings (SSSR count). The van der Waals surface area contributed by atoms with Gasteiger partial charge in [-0.25, -0.2) is 4.79 Å². The van der Waals surface area contributed by atoms with Crippen LogP contribution in [0.15, 0.2) is 0 Å². The van der Waals surface area contributed by atoms with Gasteiger partial charge in [0.25, 0.3) is 0 Å². The highest BCUT2D eigenvalue weighted by atomic mass is 16.6. The van der Waals surface area contributed by atoms with Crippen molar-refractivity contribution in [2.24, 2.45) is 5.92 Å². The summed E-state index contributed by atoms with van der Waals surface area (Å²) in [5.41, 5.74) is -0.575. The summed E-state index contributed by atoms with van der Waals surface area (Å²) in [5.74, 6) is -0.156. The van der Waals surface area contributed by atoms with E-state index in [2.05, 4.69) is 10.6 Å². The van der Waals surface area contributed by atoms with Gasteiger partial charge in [0.1, 0.15) is 5.60 Å². The van der Waals surface area contributed by atoms with E-state index >= 15 is 0 Å². The van der Waals surface area contributed by atoms with Crippen molar-refractivity contribution in [3.05, 3.63) is 0 Å². The first-order chi connectivity index (χ1) is 8.31. The average molecular weight is 258 g/mol. The zero-order valence-electron chi connectivity index (χ0n) is 11.2. The molecule has 2 atom stereocenters. The largest absolute Gasteiger partial charge is 0.444 e. The van der Waals surface area contributed by atoms with Crippen LogP contribution < -0.4 is 10.6 Å². The molecule has 6 nitrogen and oxygen atoms in total. The Labute approximate surface area is 107 Å². The number of aliphatic hydroxyl groups excluding tert-OH is 1. The van der Waals surface area contributed by atoms with E-state index in [1.54, 1.807) is 20.8 Å². The Hall–Kier alpha value is -1.30. The highest BCUT2D eigenvalue weighted by molar-refractivity contribution is 5.80. The number of ether oxygens (including phenoxy) is 1. The molecule has 0 aromatic heterocycles. The van der Waals surface area contributed by atoms with Crippen LogP contribution in [0.4, 0.5) is 4.79 Å². The lowest BCUT2D eigenvalue weighted by Gasteiger charge is -2.23. The second-order valence-electron chi connectivity index (χ2n) is 5.54. The monoisotopic (exact) mass is 258 g/mol. The van der Waals surface area contributed by atoms with Crippen LogP contribution >= 0.6 is 0 Å². The van der Waals surface area contributed by atoms with E-state index in [1.807, 2.05) is 0 Å². The molecule has 1 saturated heterocycles. The normalized spacial score (nSPS) is 21.3. The molecule has 0 bridgehead atoms. The van der Waals surface area contributed by atoms with Crippen LogP contribution in [0.1, 0.15) is 33.6 Å². The van der Waals surface area contributed by atoms with Crippen molar-refractivity contribution in [3.63, 3.8) is 0 Å². The lowest BCUT2D eigenvalue weighted by atomic mass is 9.99. The molecule has 1 aliphatic heterocycles. The average Bonchev–Trinajstić information content (AvgIpc) is 2.60. The molecule has 1 heterocycles. The van der Waals surface area contributed by atoms with Gasteiger partial charge in [-0.2, -0.15) is 0 Å². The number of hydrogen-bond donors (Lipinski definition) is 3. The SMILES string of the molecule is CC(C)(C)OC(=O)NC(CO)C[C@@H]1CCNC1=O. The van der Waals surface area contributed by atoms with Gasteiger partial charge in [0.05, 0.1) is 12.6 Å². The summed E-state index contributed by atoms with van der Waals surface area (Å²) >= 11 is 0. The molecule has 0 aliphatic carbocycles. The molecule has 6 heteroatoms. The van der Waals surface area contributed by atoms with Gasteiger partial charge < -0.3 is 20.5 Å². The Bertz CT molecular complexity index is 312. The van der Waals surface area contributed by atoms with Crippen molar-refractivity contribution in [3.8, 4) is 0 Å². The summed E-state index contributed by atoms with van der Waals surface area (Å²) in [6.07, 6.45) is 0.604. The first kappa shape index (κ1) is 14.8. The highest BCUT2D eigenvalue weighted by Crippen LogP contribution is 2.16. The highest BCUT2D eigenvalue weighted by Gasteiger charge is 2.28. The van der Waals surface area contributed by atoms with Crippen molar-refractivity contribution >= 4 is 12.0 Å². The van der Waals surface area contributed by atoms with E-state index in [1.165, 1.54) is 0 Å². The fraction of sp³-hybridized carbons (Fsp3) is 0.833. The molecular weight excluding hydrogens is 236 g/mol. The maximum atomic E-state index is 11.5. The predicted molar refractivity (Wildman–Crippen MR) is 66.0 cm³/mol. The second-order valence-corrected chi connectivity index (χ2v) is 5.54. The summed E-state index contributed by atoms with van der Waals surface area (Å²) in [7, 11) is 0. The van der Waals surface area contributed by atoms with Gasteiger partial charge in [0.15, 0.2) is 0 Å². The summed E-state index contributed by atoms with van der Waals surface area (Å²) in [4.78, 5) is 22.9. The van der Waals surface area contributed by atoms with Crippen LogP contribution in [0, 0.1) is 5.92 Å². The van der Waals surface area contributed by atoms with Crippen LogP contribution in [0.5, 0.6) is 0 Å². The quantitative estimate of drug-likeness (QED) is 0.681. The number of hydrogen-bond acceptors (Lipinski definition) is 4. The Morgan fingerprint density at radius 1 is 1.61 bits per heavy atom. The second kappa shape index (κ2) is 6.04. The minimum atomic E-state index is -0.575. The number of alkyl carbamates (subject to hydrolysis) is 1. The van der Waals surface area contributed by atoms with Gasteiger partial charge in [-0.05, 0) is 33.6 Å². The maximum Gasteiger partial charge on any atom is 0.407 e. The smallest absolute Gasteiger partial charge is 0.407 e. The third-order valence-corrected chi connectivity index (χ3v) is 2.67. The first-order valence-corrected chi connectivity index (χ1v) is 6.20. The maximum absolute atomic E-state index is 11.5. The lowest BCUT2D eigenvalue weighted by Crippen LogP contribution is -2.42. The molecule has 2 amide bonds. The van der Waals surface area contributed by atoms with Crippen molar-refractivity contribution < 1.29 is 19.4 Å². The number of amides is 2. The lowest BCUT2D eigenvalue weighted by molar-refractivity contribution is -0.122. The van der Waals surface area contributed by atoms with Crippen LogP contribution in [0.2, 0.25) is 0 Å². The number of rotatable bonds is 4. The van der Waals surface area contributed by atoms with Crippen molar-refractivity contribution in [1.82, 2.24) is 10.6 Å². The summed E-state index contributed by atoms with van der Waals surface area (Å²) in [6.45, 7) is 5.76. The predicted octanol–water partition coefficient (Wildman–Crippen LogP) is 0.398. The van der Waals surface area contributed by atoms with Gasteiger partial charge in [0.2, 0.25) is 5.91 Å². The van der Waals surface area contributed by atoms with Gasteiger partial charge >= 0.3 is 6.09 Å². The first-order valence-electron chi connectivity index (χ1n) is 6.20. The van der Waals surface area contributed by atoms with E-state index in [4.69, 9.17) is 4.74 Å². The molecule has 0 radical (unpaired) electrons. The Balaban J connectivity index is 2.42. The Kier molecular flexibility index (Phi) is 4.95. The molecule has 0 spiro atoms. The zero-order chi connectivity index (χ0) is 13.8. The molecule has 104 valence electrons. The van der Waals surface area contributed by atoms with Crippen molar-refractivity contribution in [1.29, 1.82) is 0 Å². The molecular formula is C12H22N2O4. The summed E-state index contributed by atoms with van der Waals surface area (Å²) in [6, 6.07) is -0.450. The molecule has 18 heavy (non-hydrogen) atoms. The number of carbonyl (C=O) groups excluding carboxylic acids is 2. The van der Waals surface area contributed by atoms with E-state index in [0.717, 1.165) is 6.42 Å². The van der Waals surface area contributed by atoms with Crippen LogP contribution in [-0.2, 0) is 9.53 Å². The van der Waals surface area contributed by atoms with Gasteiger partial charge in [0, 0.05) is 12.5 Å². The topological polar surface area (TPSA) is 87.7 Å². The van der Waals surface area contributed by atoms with E-state index in [0.29, 0.717) is 13.0 Å². The van der Waals surface area contributed by atoms with Crippen molar-refractivity contribution in [2.75, 3.05) is 13.2 Å². The number of aliphatic hydroxyl groups is 1. The van der Waals surface area contributed by atoms with E-state index in [9.17, 15) is 14.7 Å². The zero-order valence-corrected chi connectivity index (χ0v) is 11.2. The Morgan fingerprint density at radius 2 is 2.28 bits per heavy atom. The Morgan fingerprint density at radius 3 is 2.72 bits per heavy atom. The summed E-state index contributed by atoms with van der Waals surface area (Å²) < 4.78 is 5.10. The molecule has 1 unspecified atom stereocenters.